The van der Waals surface area contributed by atoms with E-state index in [0.29, 0.717) is 5.56 Å². The number of phenols is 1. The molecule has 5 heteroatoms. The minimum atomic E-state index is -0.995. The van der Waals surface area contributed by atoms with Gasteiger partial charge < -0.3 is 15.1 Å². The molecule has 1 aliphatic carbocycles. The molecule has 1 atom stereocenters. The van der Waals surface area contributed by atoms with Gasteiger partial charge >= 0.3 is 5.97 Å². The third kappa shape index (κ3) is 3.56. The zero-order chi connectivity index (χ0) is 22.3. The van der Waals surface area contributed by atoms with Crippen molar-refractivity contribution in [3.63, 3.8) is 0 Å². The van der Waals surface area contributed by atoms with Gasteiger partial charge in [0.15, 0.2) is 0 Å². The van der Waals surface area contributed by atoms with Crippen LogP contribution in [0, 0.1) is 0 Å². The number of carbonyl (C=O) groups excluding carboxylic acids is 1. The molecule has 1 heterocycles. The number of phenolic OH excluding ortho intramolecular Hbond substituents is 1. The zero-order valence-electron chi connectivity index (χ0n) is 17.4. The van der Waals surface area contributed by atoms with Crippen molar-refractivity contribution in [2.75, 3.05) is 0 Å². The number of nitrogens with zero attached hydrogens (tertiary/aromatic N) is 1. The number of aromatic hydroxyl groups is 1. The average Bonchev–Trinajstić information content (AvgIpc) is 3.56. The number of rotatable bonds is 4. The van der Waals surface area contributed by atoms with Crippen molar-refractivity contribution >= 4 is 18.0 Å². The number of aliphatic carboxylic acids is 1. The second kappa shape index (κ2) is 7.68. The van der Waals surface area contributed by atoms with Crippen LogP contribution in [-0.2, 0) is 11.2 Å². The first-order valence-corrected chi connectivity index (χ1v) is 10.7. The lowest BCUT2D eigenvalue weighted by Gasteiger charge is -2.44. The highest BCUT2D eigenvalue weighted by Gasteiger charge is 2.56. The Balaban J connectivity index is 1.62. The molecule has 1 unspecified atom stereocenters. The summed E-state index contributed by atoms with van der Waals surface area (Å²) in [5.41, 5.74) is 4.23. The summed E-state index contributed by atoms with van der Waals surface area (Å²) in [6.45, 7) is 0. The van der Waals surface area contributed by atoms with Crippen LogP contribution in [0.25, 0.3) is 6.08 Å². The maximum atomic E-state index is 13.8. The van der Waals surface area contributed by atoms with Gasteiger partial charge in [-0.2, -0.15) is 0 Å². The largest absolute Gasteiger partial charge is 0.508 e. The lowest BCUT2D eigenvalue weighted by Crippen LogP contribution is -2.49. The van der Waals surface area contributed by atoms with Gasteiger partial charge in [0, 0.05) is 17.2 Å². The monoisotopic (exact) mass is 425 g/mol. The van der Waals surface area contributed by atoms with Gasteiger partial charge in [-0.05, 0) is 71.9 Å². The first-order chi connectivity index (χ1) is 15.5. The normalized spacial score (nSPS) is 18.5. The van der Waals surface area contributed by atoms with Crippen molar-refractivity contribution in [3.05, 3.63) is 107 Å². The van der Waals surface area contributed by atoms with Crippen molar-refractivity contribution in [1.82, 2.24) is 4.90 Å². The third-order valence-corrected chi connectivity index (χ3v) is 6.45. The molecule has 0 radical (unpaired) electrons. The second-order valence-corrected chi connectivity index (χ2v) is 8.57. The van der Waals surface area contributed by atoms with E-state index in [1.807, 2.05) is 71.6 Å². The molecule has 0 saturated heterocycles. The summed E-state index contributed by atoms with van der Waals surface area (Å²) >= 11 is 0. The Bertz CT molecular complexity index is 1210. The summed E-state index contributed by atoms with van der Waals surface area (Å²) in [5, 5.41) is 19.0. The number of hydrogen-bond donors (Lipinski definition) is 2. The van der Waals surface area contributed by atoms with Crippen LogP contribution in [-0.4, -0.2) is 32.5 Å². The van der Waals surface area contributed by atoms with E-state index in [1.165, 1.54) is 0 Å². The standard InChI is InChI=1S/C27H23NO4/c29-22-11-12-23-21(16-22)17-27(14-15-27)28(26(32)20-4-2-1-3-5-20)25(23)19-9-6-18(7-10-19)8-13-24(30)31/h1-13,16,25,29H,14-15,17H2,(H,30,31)/b13-8+. The molecule has 1 amide bonds. The van der Waals surface area contributed by atoms with E-state index in [1.54, 1.807) is 12.1 Å². The summed E-state index contributed by atoms with van der Waals surface area (Å²) in [6.07, 6.45) is 5.24. The Morgan fingerprint density at radius 3 is 2.34 bits per heavy atom. The minimum Gasteiger partial charge on any atom is -0.508 e. The molecule has 32 heavy (non-hydrogen) atoms. The van der Waals surface area contributed by atoms with Gasteiger partial charge in [0.1, 0.15) is 5.75 Å². The average molecular weight is 425 g/mol. The molecular weight excluding hydrogens is 402 g/mol. The highest BCUT2D eigenvalue weighted by Crippen LogP contribution is 2.55. The second-order valence-electron chi connectivity index (χ2n) is 8.57. The third-order valence-electron chi connectivity index (χ3n) is 6.45. The summed E-state index contributed by atoms with van der Waals surface area (Å²) in [6, 6.07) is 22.1. The summed E-state index contributed by atoms with van der Waals surface area (Å²) in [5.74, 6) is -0.762. The van der Waals surface area contributed by atoms with Crippen LogP contribution < -0.4 is 0 Å². The molecule has 0 aromatic heterocycles. The fourth-order valence-electron chi connectivity index (χ4n) is 4.76. The van der Waals surface area contributed by atoms with Crippen LogP contribution in [0.5, 0.6) is 5.75 Å². The predicted octanol–water partition coefficient (Wildman–Crippen LogP) is 4.81. The van der Waals surface area contributed by atoms with Gasteiger partial charge in [-0.25, -0.2) is 4.79 Å². The molecule has 1 saturated carbocycles. The lowest BCUT2D eigenvalue weighted by molar-refractivity contribution is -0.131. The highest BCUT2D eigenvalue weighted by molar-refractivity contribution is 5.96. The van der Waals surface area contributed by atoms with Gasteiger partial charge in [-0.3, -0.25) is 4.79 Å². The molecule has 2 aliphatic rings. The number of carboxylic acids is 1. The van der Waals surface area contributed by atoms with Gasteiger partial charge in [0.25, 0.3) is 5.91 Å². The van der Waals surface area contributed by atoms with Crippen LogP contribution >= 0.6 is 0 Å². The number of carboxylic acid groups (broad SMARTS) is 1. The van der Waals surface area contributed by atoms with Crippen LogP contribution in [0.15, 0.2) is 78.9 Å². The van der Waals surface area contributed by atoms with E-state index in [2.05, 4.69) is 0 Å². The van der Waals surface area contributed by atoms with E-state index in [0.717, 1.165) is 47.6 Å². The summed E-state index contributed by atoms with van der Waals surface area (Å²) in [7, 11) is 0. The van der Waals surface area contributed by atoms with Gasteiger partial charge in [0.05, 0.1) is 6.04 Å². The molecule has 3 aromatic rings. The number of amides is 1. The highest BCUT2D eigenvalue weighted by atomic mass is 16.4. The Morgan fingerprint density at radius 1 is 0.969 bits per heavy atom. The van der Waals surface area contributed by atoms with Crippen LogP contribution in [0.2, 0.25) is 0 Å². The molecule has 1 fully saturated rings. The van der Waals surface area contributed by atoms with Crippen molar-refractivity contribution in [3.8, 4) is 5.75 Å². The Kier molecular flexibility index (Phi) is 4.82. The first-order valence-electron chi connectivity index (χ1n) is 10.7. The molecular formula is C27H23NO4. The molecule has 5 nitrogen and oxygen atoms in total. The maximum Gasteiger partial charge on any atom is 0.328 e. The van der Waals surface area contributed by atoms with Crippen molar-refractivity contribution in [2.24, 2.45) is 0 Å². The Morgan fingerprint density at radius 2 is 1.69 bits per heavy atom. The molecule has 0 bridgehead atoms. The lowest BCUT2D eigenvalue weighted by atomic mass is 9.82. The molecule has 1 aliphatic heterocycles. The van der Waals surface area contributed by atoms with Crippen LogP contribution in [0.1, 0.15) is 51.5 Å². The van der Waals surface area contributed by atoms with Crippen molar-refractivity contribution < 1.29 is 19.8 Å². The Labute approximate surface area is 186 Å². The van der Waals surface area contributed by atoms with Gasteiger partial charge in [0.2, 0.25) is 0 Å². The van der Waals surface area contributed by atoms with E-state index in [4.69, 9.17) is 5.11 Å². The van der Waals surface area contributed by atoms with Gasteiger partial charge in [-0.1, -0.05) is 48.5 Å². The molecule has 5 rings (SSSR count). The fraction of sp³-hybridized carbons (Fsp3) is 0.185. The molecule has 3 aromatic carbocycles. The number of benzene rings is 3. The first kappa shape index (κ1) is 20.1. The van der Waals surface area contributed by atoms with Crippen LogP contribution in [0.3, 0.4) is 0 Å². The van der Waals surface area contributed by atoms with E-state index >= 15 is 0 Å². The predicted molar refractivity (Wildman–Crippen MR) is 121 cm³/mol. The van der Waals surface area contributed by atoms with Crippen LogP contribution in [0.4, 0.5) is 0 Å². The smallest absolute Gasteiger partial charge is 0.328 e. The maximum absolute atomic E-state index is 13.8. The molecule has 1 spiro atoms. The fourth-order valence-corrected chi connectivity index (χ4v) is 4.76. The molecule has 2 N–H and O–H groups in total. The number of carbonyl (C=O) groups is 2. The quantitative estimate of drug-likeness (QED) is 0.588. The van der Waals surface area contributed by atoms with E-state index in [9.17, 15) is 14.7 Å². The minimum absolute atomic E-state index is 0.00155. The Hall–Kier alpha value is -3.86. The zero-order valence-corrected chi connectivity index (χ0v) is 17.4. The van der Waals surface area contributed by atoms with E-state index < -0.39 is 5.97 Å². The van der Waals surface area contributed by atoms with Crippen molar-refractivity contribution in [1.29, 1.82) is 0 Å². The summed E-state index contributed by atoms with van der Waals surface area (Å²) < 4.78 is 0. The SMILES string of the molecule is O=C(O)/C=C/c1ccc(C2c3ccc(O)cc3CC3(CC3)N2C(=O)c2ccccc2)cc1. The number of fused-ring (bicyclic) bond motifs is 1. The van der Waals surface area contributed by atoms with Gasteiger partial charge in [-0.15, -0.1) is 0 Å². The summed E-state index contributed by atoms with van der Waals surface area (Å²) in [4.78, 5) is 26.6. The van der Waals surface area contributed by atoms with Crippen molar-refractivity contribution in [2.45, 2.75) is 30.8 Å². The number of hydrogen-bond acceptors (Lipinski definition) is 3. The van der Waals surface area contributed by atoms with E-state index in [-0.39, 0.29) is 23.2 Å². The topological polar surface area (TPSA) is 77.8 Å². The molecule has 160 valence electrons.